The summed E-state index contributed by atoms with van der Waals surface area (Å²) in [5.74, 6) is -0.477. The molecule has 0 atom stereocenters. The lowest BCUT2D eigenvalue weighted by Gasteiger charge is -2.05. The van der Waals surface area contributed by atoms with Crippen molar-refractivity contribution in [2.24, 2.45) is 10.2 Å². The van der Waals surface area contributed by atoms with Gasteiger partial charge in [-0.15, -0.1) is 0 Å². The molecule has 124 valence electrons. The van der Waals surface area contributed by atoms with Crippen LogP contribution in [0.15, 0.2) is 89.1 Å². The normalized spacial score (nSPS) is 10.8. The third-order valence-electron chi connectivity index (χ3n) is 3.47. The van der Waals surface area contributed by atoms with Gasteiger partial charge in [-0.3, -0.25) is 4.79 Å². The second kappa shape index (κ2) is 7.97. The van der Waals surface area contributed by atoms with Crippen LogP contribution >= 0.6 is 0 Å². The maximum Gasteiger partial charge on any atom is 0.228 e. The van der Waals surface area contributed by atoms with Crippen molar-refractivity contribution in [3.63, 3.8) is 0 Å². The van der Waals surface area contributed by atoms with Crippen molar-refractivity contribution in [1.29, 1.82) is 0 Å². The number of rotatable bonds is 5. The number of anilines is 1. The molecule has 0 saturated heterocycles. The fourth-order valence-corrected chi connectivity index (χ4v) is 2.21. The zero-order chi connectivity index (χ0) is 17.5. The van der Waals surface area contributed by atoms with E-state index in [1.807, 2.05) is 30.3 Å². The Balaban J connectivity index is 1.57. The Bertz CT molecular complexity index is 860. The van der Waals surface area contributed by atoms with Gasteiger partial charge in [-0.05, 0) is 54.1 Å². The number of azo groups is 1. The molecule has 25 heavy (non-hydrogen) atoms. The largest absolute Gasteiger partial charge is 0.326 e. The highest BCUT2D eigenvalue weighted by Crippen LogP contribution is 2.20. The summed E-state index contributed by atoms with van der Waals surface area (Å²) in [5, 5.41) is 11.1. The Morgan fingerprint density at radius 3 is 2.04 bits per heavy atom. The van der Waals surface area contributed by atoms with Crippen molar-refractivity contribution < 1.29 is 9.18 Å². The molecule has 5 heteroatoms. The van der Waals surface area contributed by atoms with Gasteiger partial charge in [0.15, 0.2) is 0 Å². The number of nitrogens with one attached hydrogen (secondary N) is 1. The van der Waals surface area contributed by atoms with Gasteiger partial charge in [0.05, 0.1) is 17.8 Å². The van der Waals surface area contributed by atoms with Crippen LogP contribution in [0.4, 0.5) is 21.5 Å². The van der Waals surface area contributed by atoms with Crippen LogP contribution in [-0.4, -0.2) is 5.91 Å². The van der Waals surface area contributed by atoms with Gasteiger partial charge in [0.1, 0.15) is 5.82 Å². The monoisotopic (exact) mass is 333 g/mol. The van der Waals surface area contributed by atoms with Crippen molar-refractivity contribution in [2.75, 3.05) is 5.32 Å². The fraction of sp³-hybridized carbons (Fsp3) is 0.0500. The highest BCUT2D eigenvalue weighted by molar-refractivity contribution is 5.92. The minimum Gasteiger partial charge on any atom is -0.326 e. The van der Waals surface area contributed by atoms with Gasteiger partial charge < -0.3 is 5.32 Å². The first kappa shape index (κ1) is 16.5. The second-order valence-corrected chi connectivity index (χ2v) is 5.43. The summed E-state index contributed by atoms with van der Waals surface area (Å²) >= 11 is 0. The number of carbonyl (C=O) groups is 1. The molecule has 0 heterocycles. The van der Waals surface area contributed by atoms with E-state index < -0.39 is 0 Å². The molecule has 4 nitrogen and oxygen atoms in total. The minimum atomic E-state index is -0.315. The van der Waals surface area contributed by atoms with Crippen LogP contribution < -0.4 is 5.32 Å². The van der Waals surface area contributed by atoms with E-state index in [4.69, 9.17) is 0 Å². The molecular weight excluding hydrogens is 317 g/mol. The molecule has 0 unspecified atom stereocenters. The van der Waals surface area contributed by atoms with E-state index in [-0.39, 0.29) is 18.1 Å². The van der Waals surface area contributed by atoms with Crippen LogP contribution in [0.1, 0.15) is 5.56 Å². The Labute approximate surface area is 145 Å². The zero-order valence-electron chi connectivity index (χ0n) is 13.4. The average Bonchev–Trinajstić information content (AvgIpc) is 2.64. The van der Waals surface area contributed by atoms with Crippen molar-refractivity contribution in [3.05, 3.63) is 90.2 Å². The van der Waals surface area contributed by atoms with Crippen molar-refractivity contribution in [2.45, 2.75) is 6.42 Å². The lowest BCUT2D eigenvalue weighted by molar-refractivity contribution is -0.115. The number of nitrogens with zero attached hydrogens (tertiary/aromatic N) is 2. The van der Waals surface area contributed by atoms with Gasteiger partial charge in [-0.2, -0.15) is 10.2 Å². The summed E-state index contributed by atoms with van der Waals surface area (Å²) < 4.78 is 12.9. The summed E-state index contributed by atoms with van der Waals surface area (Å²) in [5.41, 5.74) is 2.90. The average molecular weight is 333 g/mol. The van der Waals surface area contributed by atoms with Crippen LogP contribution in [0.25, 0.3) is 0 Å². The van der Waals surface area contributed by atoms with Gasteiger partial charge in [-0.1, -0.05) is 30.3 Å². The lowest BCUT2D eigenvalue weighted by atomic mass is 10.1. The summed E-state index contributed by atoms with van der Waals surface area (Å²) in [6, 6.07) is 22.4. The highest BCUT2D eigenvalue weighted by Gasteiger charge is 2.04. The van der Waals surface area contributed by atoms with Gasteiger partial charge in [0.25, 0.3) is 0 Å². The summed E-state index contributed by atoms with van der Waals surface area (Å²) in [4.78, 5) is 12.0. The first-order valence-electron chi connectivity index (χ1n) is 7.80. The smallest absolute Gasteiger partial charge is 0.228 e. The molecule has 0 aliphatic heterocycles. The Morgan fingerprint density at radius 2 is 1.40 bits per heavy atom. The molecule has 1 N–H and O–H groups in total. The van der Waals surface area contributed by atoms with E-state index in [0.717, 1.165) is 11.3 Å². The highest BCUT2D eigenvalue weighted by atomic mass is 19.1. The van der Waals surface area contributed by atoms with Crippen LogP contribution in [0.2, 0.25) is 0 Å². The molecule has 0 aliphatic carbocycles. The standard InChI is InChI=1S/C20H16FN3O/c21-16-8-6-15(7-9-16)14-20(25)22-17-10-12-19(13-11-17)24-23-18-4-2-1-3-5-18/h1-13H,14H2,(H,22,25). The Hall–Kier alpha value is -3.34. The molecule has 0 spiro atoms. The van der Waals surface area contributed by atoms with E-state index in [1.165, 1.54) is 12.1 Å². The molecule has 0 aromatic heterocycles. The maximum absolute atomic E-state index is 12.9. The topological polar surface area (TPSA) is 53.8 Å². The van der Waals surface area contributed by atoms with Gasteiger partial charge >= 0.3 is 0 Å². The van der Waals surface area contributed by atoms with Crippen LogP contribution in [0.5, 0.6) is 0 Å². The Morgan fingerprint density at radius 1 is 0.800 bits per heavy atom. The molecule has 1 amide bonds. The quantitative estimate of drug-likeness (QED) is 0.623. The van der Waals surface area contributed by atoms with Crippen molar-refractivity contribution in [3.8, 4) is 0 Å². The van der Waals surface area contributed by atoms with E-state index in [0.29, 0.717) is 11.4 Å². The van der Waals surface area contributed by atoms with Crippen LogP contribution in [0.3, 0.4) is 0 Å². The zero-order valence-corrected chi connectivity index (χ0v) is 13.4. The van der Waals surface area contributed by atoms with E-state index in [2.05, 4.69) is 15.5 Å². The van der Waals surface area contributed by atoms with Gasteiger partial charge in [0.2, 0.25) is 5.91 Å². The maximum atomic E-state index is 12.9. The van der Waals surface area contributed by atoms with Crippen molar-refractivity contribution in [1.82, 2.24) is 0 Å². The van der Waals surface area contributed by atoms with Gasteiger partial charge in [0, 0.05) is 5.69 Å². The van der Waals surface area contributed by atoms with Crippen LogP contribution in [0, 0.1) is 5.82 Å². The van der Waals surface area contributed by atoms with Gasteiger partial charge in [-0.25, -0.2) is 4.39 Å². The first-order chi connectivity index (χ1) is 12.2. The summed E-state index contributed by atoms with van der Waals surface area (Å²) in [7, 11) is 0. The lowest BCUT2D eigenvalue weighted by Crippen LogP contribution is -2.14. The first-order valence-corrected chi connectivity index (χ1v) is 7.80. The van der Waals surface area contributed by atoms with E-state index in [9.17, 15) is 9.18 Å². The number of carbonyl (C=O) groups excluding carboxylic acids is 1. The molecule has 0 radical (unpaired) electrons. The number of hydrogen-bond donors (Lipinski definition) is 1. The molecular formula is C20H16FN3O. The summed E-state index contributed by atoms with van der Waals surface area (Å²) in [6.07, 6.45) is 0.190. The third kappa shape index (κ3) is 5.07. The predicted molar refractivity (Wildman–Crippen MR) is 95.8 cm³/mol. The molecule has 3 aromatic rings. The molecule has 0 bridgehead atoms. The van der Waals surface area contributed by atoms with Crippen LogP contribution in [-0.2, 0) is 11.2 Å². The van der Waals surface area contributed by atoms with E-state index >= 15 is 0 Å². The Kier molecular flexibility index (Phi) is 5.26. The molecule has 0 saturated carbocycles. The molecule has 3 rings (SSSR count). The van der Waals surface area contributed by atoms with Crippen molar-refractivity contribution >= 4 is 23.0 Å². The molecule has 3 aromatic carbocycles. The fourth-order valence-electron chi connectivity index (χ4n) is 2.21. The SMILES string of the molecule is O=C(Cc1ccc(F)cc1)Nc1ccc(N=Nc2ccccc2)cc1. The number of benzene rings is 3. The third-order valence-corrected chi connectivity index (χ3v) is 3.47. The predicted octanol–water partition coefficient (Wildman–Crippen LogP) is 5.42. The summed E-state index contributed by atoms with van der Waals surface area (Å²) in [6.45, 7) is 0. The molecule has 0 fully saturated rings. The number of halogens is 1. The number of hydrogen-bond acceptors (Lipinski definition) is 3. The second-order valence-electron chi connectivity index (χ2n) is 5.43. The minimum absolute atomic E-state index is 0.162. The van der Waals surface area contributed by atoms with E-state index in [1.54, 1.807) is 36.4 Å². The number of amides is 1. The molecule has 0 aliphatic rings.